The molecule has 0 N–H and O–H groups in total. The molecule has 0 fully saturated rings. The van der Waals surface area contributed by atoms with Crippen molar-refractivity contribution in [2.24, 2.45) is 0 Å². The third-order valence-electron chi connectivity index (χ3n) is 10.4. The van der Waals surface area contributed by atoms with Gasteiger partial charge in [0.05, 0.1) is 30.5 Å². The van der Waals surface area contributed by atoms with Crippen LogP contribution in [-0.4, -0.2) is 40.4 Å². The molecule has 9 rings (SSSR count). The molecule has 2 aromatic heterocycles. The molecule has 5 aromatic carbocycles. The third-order valence-corrected chi connectivity index (χ3v) is 10.4. The Kier molecular flexibility index (Phi) is 8.15. The van der Waals surface area contributed by atoms with Crippen LogP contribution in [0.3, 0.4) is 0 Å². The summed E-state index contributed by atoms with van der Waals surface area (Å²) < 4.78 is 23.6. The van der Waals surface area contributed by atoms with E-state index in [-0.39, 0.29) is 6.10 Å². The van der Waals surface area contributed by atoms with Gasteiger partial charge in [-0.05, 0) is 35.2 Å². The van der Waals surface area contributed by atoms with E-state index in [0.717, 1.165) is 38.5 Å². The predicted octanol–water partition coefficient (Wildman–Crippen LogP) is 8.39. The Labute approximate surface area is 301 Å². The van der Waals surface area contributed by atoms with Crippen molar-refractivity contribution in [2.45, 2.75) is 31.2 Å². The maximum Gasteiger partial charge on any atom is 0.347 e. The minimum Gasteiger partial charge on any atom is -0.386 e. The molecule has 7 heteroatoms. The van der Waals surface area contributed by atoms with Gasteiger partial charge in [-0.3, -0.25) is 0 Å². The number of carbonyl (C=O) groups is 2. The zero-order valence-corrected chi connectivity index (χ0v) is 28.5. The molecule has 0 spiro atoms. The summed E-state index contributed by atoms with van der Waals surface area (Å²) in [5.41, 5.74) is 6.06. The van der Waals surface area contributed by atoms with Crippen molar-refractivity contribution in [1.29, 1.82) is 0 Å². The van der Waals surface area contributed by atoms with Crippen molar-refractivity contribution in [2.75, 3.05) is 13.2 Å². The number of nitrogens with zero attached hydrogens (tertiary/aromatic N) is 2. The van der Waals surface area contributed by atoms with Crippen LogP contribution in [-0.2, 0) is 42.5 Å². The smallest absolute Gasteiger partial charge is 0.347 e. The first-order valence-corrected chi connectivity index (χ1v) is 17.7. The van der Waals surface area contributed by atoms with E-state index in [1.165, 1.54) is 0 Å². The van der Waals surface area contributed by atoms with E-state index >= 15 is 0 Å². The molecule has 0 radical (unpaired) electrons. The highest BCUT2D eigenvalue weighted by molar-refractivity contribution is 6.46. The van der Waals surface area contributed by atoms with Crippen molar-refractivity contribution in [3.8, 4) is 0 Å². The summed E-state index contributed by atoms with van der Waals surface area (Å²) in [5, 5.41) is 1.75. The van der Waals surface area contributed by atoms with Gasteiger partial charge in [-0.2, -0.15) is 0 Å². The van der Waals surface area contributed by atoms with Crippen LogP contribution in [0.4, 0.5) is 0 Å². The van der Waals surface area contributed by atoms with Crippen molar-refractivity contribution in [1.82, 2.24) is 9.13 Å². The maximum absolute atomic E-state index is 13.5. The molecule has 1 atom stereocenters. The molecule has 0 amide bonds. The highest BCUT2D eigenvalue weighted by atomic mass is 16.6. The molecule has 0 saturated heterocycles. The molecule has 0 saturated carbocycles. The Bertz CT molecular complexity index is 2360. The molecule has 0 unspecified atom stereocenters. The Morgan fingerprint density at radius 1 is 0.577 bits per heavy atom. The fourth-order valence-corrected chi connectivity index (χ4v) is 7.94. The van der Waals surface area contributed by atoms with E-state index in [2.05, 4.69) is 81.9 Å². The van der Waals surface area contributed by atoms with Gasteiger partial charge in [0.1, 0.15) is 5.60 Å². The highest BCUT2D eigenvalue weighted by Crippen LogP contribution is 2.42. The Morgan fingerprint density at radius 2 is 1.02 bits per heavy atom. The molecule has 7 nitrogen and oxygen atoms in total. The number of ether oxygens (including phenoxy) is 3. The second-order valence-electron chi connectivity index (χ2n) is 13.3. The predicted molar refractivity (Wildman–Crippen MR) is 201 cm³/mol. The molecule has 4 heterocycles. The second kappa shape index (κ2) is 13.3. The minimum atomic E-state index is -0.886. The van der Waals surface area contributed by atoms with Gasteiger partial charge < -0.3 is 23.3 Å². The number of rotatable bonds is 6. The van der Waals surface area contributed by atoms with Gasteiger partial charge >= 0.3 is 11.9 Å². The normalized spacial score (nSPS) is 16.6. The maximum atomic E-state index is 13.5. The largest absolute Gasteiger partial charge is 0.386 e. The topological polar surface area (TPSA) is 71.7 Å². The Morgan fingerprint density at radius 3 is 1.52 bits per heavy atom. The lowest BCUT2D eigenvalue weighted by Gasteiger charge is -2.37. The average Bonchev–Trinajstić information content (AvgIpc) is 3.84. The molecule has 2 aliphatic heterocycles. The van der Waals surface area contributed by atoms with Gasteiger partial charge in [0.15, 0.2) is 0 Å². The first-order chi connectivity index (χ1) is 25.6. The molecule has 256 valence electrons. The Balaban J connectivity index is 1.16. The summed E-state index contributed by atoms with van der Waals surface area (Å²) >= 11 is 0. The lowest BCUT2D eigenvalue weighted by molar-refractivity contribution is -0.149. The van der Waals surface area contributed by atoms with E-state index in [1.54, 1.807) is 0 Å². The van der Waals surface area contributed by atoms with Crippen LogP contribution in [0.15, 0.2) is 152 Å². The van der Waals surface area contributed by atoms with Gasteiger partial charge in [-0.25, -0.2) is 9.59 Å². The van der Waals surface area contributed by atoms with Crippen LogP contribution in [0.25, 0.3) is 33.0 Å². The number of aromatic nitrogens is 2. The van der Waals surface area contributed by atoms with E-state index in [1.807, 2.05) is 79.1 Å². The third kappa shape index (κ3) is 5.37. The summed E-state index contributed by atoms with van der Waals surface area (Å²) in [6.45, 7) is 1.87. The van der Waals surface area contributed by atoms with E-state index in [9.17, 15) is 9.59 Å². The van der Waals surface area contributed by atoms with Gasteiger partial charge in [0.25, 0.3) is 0 Å². The summed E-state index contributed by atoms with van der Waals surface area (Å²) in [6, 6.07) is 47.0. The molecular weight excluding hydrogens is 649 g/mol. The first kappa shape index (κ1) is 31.9. The fraction of sp³-hybridized carbons (Fsp3) is 0.156. The zero-order valence-electron chi connectivity index (χ0n) is 28.5. The molecular formula is C45H36N2O5. The van der Waals surface area contributed by atoms with E-state index < -0.39 is 17.5 Å². The SMILES string of the molecule is O=C1OC(=O)C2=C1c1cn(c3ccccc13)CCO[C@H](COC(c1ccccc1)(c1ccccc1)c1ccccc1)CCn1cc2c2ccccc21. The monoisotopic (exact) mass is 684 g/mol. The van der Waals surface area contributed by atoms with Crippen LogP contribution < -0.4 is 0 Å². The number of benzene rings is 5. The zero-order chi connectivity index (χ0) is 35.1. The highest BCUT2D eigenvalue weighted by Gasteiger charge is 2.40. The van der Waals surface area contributed by atoms with Crippen LogP contribution in [0.5, 0.6) is 0 Å². The molecule has 4 bridgehead atoms. The van der Waals surface area contributed by atoms with Crippen molar-refractivity contribution >= 4 is 44.9 Å². The molecule has 2 aliphatic rings. The molecule has 7 aromatic rings. The van der Waals surface area contributed by atoms with Gasteiger partial charge in [0.2, 0.25) is 0 Å². The van der Waals surface area contributed by atoms with Gasteiger partial charge in [-0.1, -0.05) is 127 Å². The fourth-order valence-electron chi connectivity index (χ4n) is 7.94. The van der Waals surface area contributed by atoms with Crippen molar-refractivity contribution in [3.63, 3.8) is 0 Å². The van der Waals surface area contributed by atoms with Gasteiger partial charge in [-0.15, -0.1) is 0 Å². The van der Waals surface area contributed by atoms with Crippen molar-refractivity contribution in [3.05, 3.63) is 180 Å². The van der Waals surface area contributed by atoms with Crippen LogP contribution >= 0.6 is 0 Å². The summed E-state index contributed by atoms with van der Waals surface area (Å²) in [5.74, 6) is -1.25. The van der Waals surface area contributed by atoms with E-state index in [4.69, 9.17) is 14.2 Å². The minimum absolute atomic E-state index is 0.280. The number of hydrogen-bond donors (Lipinski definition) is 0. The number of hydrogen-bond acceptors (Lipinski definition) is 5. The standard InChI is InChI=1S/C45H36N2O5/c48-43-41-37-28-46(39-22-12-10-20-35(37)39)25-24-34(50-27-26-47-29-38(42(41)44(49)52-43)36-21-11-13-23-40(36)47)30-51-45(31-14-4-1-5-15-31,32-16-6-2-7-17-32)33-18-8-3-9-19-33/h1-23,28-29,34H,24-27,30H2/t34-/m0/s1. The van der Waals surface area contributed by atoms with Crippen LogP contribution in [0.2, 0.25) is 0 Å². The summed E-state index contributed by atoms with van der Waals surface area (Å²) in [7, 11) is 0. The quantitative estimate of drug-likeness (QED) is 0.100. The second-order valence-corrected chi connectivity index (χ2v) is 13.3. The summed E-state index contributed by atoms with van der Waals surface area (Å²) in [4.78, 5) is 26.9. The summed E-state index contributed by atoms with van der Waals surface area (Å²) in [6.07, 6.45) is 4.28. The number of carbonyl (C=O) groups excluding carboxylic acids is 2. The van der Waals surface area contributed by atoms with E-state index in [0.29, 0.717) is 55.0 Å². The number of aryl methyl sites for hydroxylation is 1. The number of fused-ring (bicyclic) bond motifs is 12. The van der Waals surface area contributed by atoms with Crippen molar-refractivity contribution < 1.29 is 23.8 Å². The lowest BCUT2D eigenvalue weighted by atomic mass is 9.80. The molecule has 0 aliphatic carbocycles. The number of cyclic esters (lactones) is 2. The molecule has 52 heavy (non-hydrogen) atoms. The first-order valence-electron chi connectivity index (χ1n) is 17.7. The number of para-hydroxylation sites is 2. The lowest BCUT2D eigenvalue weighted by Crippen LogP contribution is -2.37. The van der Waals surface area contributed by atoms with Crippen LogP contribution in [0.1, 0.15) is 34.2 Å². The average molecular weight is 685 g/mol. The number of esters is 2. The van der Waals surface area contributed by atoms with Crippen LogP contribution in [0, 0.1) is 0 Å². The van der Waals surface area contributed by atoms with Gasteiger partial charge in [0, 0.05) is 58.4 Å². The Hall–Kier alpha value is -6.02.